The normalized spacial score (nSPS) is 18.3. The van der Waals surface area contributed by atoms with Crippen LogP contribution in [0.15, 0.2) is 47.4 Å². The van der Waals surface area contributed by atoms with E-state index in [1.807, 2.05) is 18.0 Å². The number of anilines is 1. The lowest BCUT2D eigenvalue weighted by Gasteiger charge is -2.41. The minimum absolute atomic E-state index is 0.113. The van der Waals surface area contributed by atoms with Gasteiger partial charge in [0.05, 0.1) is 5.56 Å². The average molecular weight is 445 g/mol. The van der Waals surface area contributed by atoms with E-state index in [0.717, 1.165) is 30.7 Å². The first-order valence-electron chi connectivity index (χ1n) is 10.6. The fraction of sp³-hybridized carbons (Fsp3) is 0.478. The van der Waals surface area contributed by atoms with E-state index >= 15 is 0 Å². The molecule has 0 unspecified atom stereocenters. The topological polar surface area (TPSA) is 39.7 Å². The zero-order valence-electron chi connectivity index (χ0n) is 17.6. The van der Waals surface area contributed by atoms with Gasteiger partial charge in [-0.15, -0.1) is 0 Å². The minimum atomic E-state index is -0.113. The lowest BCUT2D eigenvalue weighted by molar-refractivity contribution is 0.0827. The second-order valence-electron chi connectivity index (χ2n) is 8.49. The van der Waals surface area contributed by atoms with Crippen LogP contribution in [0.25, 0.3) is 0 Å². The first-order valence-corrected chi connectivity index (χ1v) is 11.8. The maximum absolute atomic E-state index is 12.1. The molecule has 2 aliphatic heterocycles. The van der Waals surface area contributed by atoms with Gasteiger partial charge in [0.1, 0.15) is 11.0 Å². The number of hydrogen-bond donors (Lipinski definition) is 0. The Balaban J connectivity index is 1.22. The molecule has 0 saturated carbocycles. The molecule has 0 spiro atoms. The number of hydrogen-bond acceptors (Lipinski definition) is 5. The Kier molecular flexibility index (Phi) is 6.86. The van der Waals surface area contributed by atoms with Gasteiger partial charge in [0, 0.05) is 45.2 Å². The van der Waals surface area contributed by atoms with Crippen LogP contribution in [0.4, 0.5) is 5.82 Å². The largest absolute Gasteiger partial charge is 0.357 e. The van der Waals surface area contributed by atoms with E-state index in [9.17, 15) is 4.79 Å². The van der Waals surface area contributed by atoms with Crippen molar-refractivity contribution in [2.75, 3.05) is 45.2 Å². The van der Waals surface area contributed by atoms with E-state index in [1.165, 1.54) is 42.1 Å². The fourth-order valence-electron chi connectivity index (χ4n) is 4.25. The molecule has 7 heteroatoms. The van der Waals surface area contributed by atoms with Crippen molar-refractivity contribution in [3.05, 3.63) is 53.2 Å². The van der Waals surface area contributed by atoms with Gasteiger partial charge in [0.15, 0.2) is 0 Å². The van der Waals surface area contributed by atoms with Crippen LogP contribution in [-0.4, -0.2) is 60.4 Å². The molecule has 0 bridgehead atoms. The Bertz CT molecular complexity index is 865. The Labute approximate surface area is 188 Å². The summed E-state index contributed by atoms with van der Waals surface area (Å²) in [4.78, 5) is 21.8. The SMILES string of the molecule is CN(C)C(=O)c1ccc(N2CCC(CC3CN(Sc4ccccc4)C3)CC2)nc1Cl. The Hall–Kier alpha value is -1.76. The minimum Gasteiger partial charge on any atom is -0.357 e. The van der Waals surface area contributed by atoms with Gasteiger partial charge in [0.2, 0.25) is 0 Å². The molecule has 1 aromatic carbocycles. The Morgan fingerprint density at radius 2 is 1.80 bits per heavy atom. The molecule has 4 rings (SSSR count). The summed E-state index contributed by atoms with van der Waals surface area (Å²) in [6, 6.07) is 14.3. The van der Waals surface area contributed by atoms with E-state index in [0.29, 0.717) is 10.7 Å². The number of carbonyl (C=O) groups excluding carboxylic acids is 1. The van der Waals surface area contributed by atoms with Gasteiger partial charge in [-0.25, -0.2) is 9.29 Å². The summed E-state index contributed by atoms with van der Waals surface area (Å²) in [6.07, 6.45) is 3.71. The van der Waals surface area contributed by atoms with E-state index < -0.39 is 0 Å². The number of benzene rings is 1. The van der Waals surface area contributed by atoms with E-state index in [2.05, 4.69) is 44.5 Å². The number of halogens is 1. The first kappa shape index (κ1) is 21.5. The zero-order valence-corrected chi connectivity index (χ0v) is 19.2. The third-order valence-corrected chi connectivity index (χ3v) is 7.30. The summed E-state index contributed by atoms with van der Waals surface area (Å²) >= 11 is 8.17. The molecule has 0 N–H and O–H groups in total. The molecule has 0 aliphatic carbocycles. The highest BCUT2D eigenvalue weighted by atomic mass is 35.5. The number of nitrogens with zero attached hydrogens (tertiary/aromatic N) is 4. The highest BCUT2D eigenvalue weighted by Crippen LogP contribution is 2.35. The number of rotatable bonds is 6. The van der Waals surface area contributed by atoms with Crippen LogP contribution in [0.5, 0.6) is 0 Å². The molecule has 2 saturated heterocycles. The van der Waals surface area contributed by atoms with Crippen molar-refractivity contribution in [3.63, 3.8) is 0 Å². The molecular formula is C23H29ClN4OS. The third kappa shape index (κ3) is 5.10. The lowest BCUT2D eigenvalue weighted by Crippen LogP contribution is -2.44. The van der Waals surface area contributed by atoms with E-state index in [1.54, 1.807) is 20.2 Å². The van der Waals surface area contributed by atoms with Gasteiger partial charge in [-0.05, 0) is 67.3 Å². The van der Waals surface area contributed by atoms with E-state index in [-0.39, 0.29) is 5.91 Å². The summed E-state index contributed by atoms with van der Waals surface area (Å²) < 4.78 is 2.47. The monoisotopic (exact) mass is 444 g/mol. The summed E-state index contributed by atoms with van der Waals surface area (Å²) in [5.74, 6) is 2.38. The van der Waals surface area contributed by atoms with Crippen molar-refractivity contribution >= 4 is 35.3 Å². The first-order chi connectivity index (χ1) is 14.5. The number of carbonyl (C=O) groups is 1. The molecule has 1 aromatic heterocycles. The molecule has 2 aromatic rings. The molecule has 160 valence electrons. The molecule has 1 amide bonds. The third-order valence-electron chi connectivity index (χ3n) is 5.98. The lowest BCUT2D eigenvalue weighted by atomic mass is 9.84. The molecule has 5 nitrogen and oxygen atoms in total. The van der Waals surface area contributed by atoms with Crippen LogP contribution in [0, 0.1) is 11.8 Å². The highest BCUT2D eigenvalue weighted by molar-refractivity contribution is 7.97. The van der Waals surface area contributed by atoms with Crippen LogP contribution in [0.2, 0.25) is 5.15 Å². The Morgan fingerprint density at radius 3 is 2.43 bits per heavy atom. The van der Waals surface area contributed by atoms with Crippen LogP contribution in [-0.2, 0) is 0 Å². The zero-order chi connectivity index (χ0) is 21.1. The Morgan fingerprint density at radius 1 is 1.10 bits per heavy atom. The number of pyridine rings is 1. The van der Waals surface area contributed by atoms with Gasteiger partial charge in [0.25, 0.3) is 5.91 Å². The second-order valence-corrected chi connectivity index (χ2v) is 10.0. The molecule has 2 aliphatic rings. The van der Waals surface area contributed by atoms with Crippen LogP contribution in [0.3, 0.4) is 0 Å². The van der Waals surface area contributed by atoms with Crippen LogP contribution < -0.4 is 4.90 Å². The van der Waals surface area contributed by atoms with Crippen molar-refractivity contribution in [2.45, 2.75) is 24.2 Å². The number of amides is 1. The smallest absolute Gasteiger partial charge is 0.256 e. The quantitative estimate of drug-likeness (QED) is 0.477. The van der Waals surface area contributed by atoms with Gasteiger partial charge < -0.3 is 9.80 Å². The van der Waals surface area contributed by atoms with Crippen LogP contribution in [0.1, 0.15) is 29.6 Å². The highest BCUT2D eigenvalue weighted by Gasteiger charge is 2.31. The fourth-order valence-corrected chi connectivity index (χ4v) is 5.63. The van der Waals surface area contributed by atoms with Gasteiger partial charge in [-0.2, -0.15) is 0 Å². The standard InChI is InChI=1S/C23H29ClN4OS/c1-26(2)23(29)20-8-9-21(25-22(20)24)27-12-10-17(11-13-27)14-18-15-28(16-18)30-19-6-4-3-5-7-19/h3-9,17-18H,10-16H2,1-2H3. The van der Waals surface area contributed by atoms with Crippen molar-refractivity contribution in [1.82, 2.24) is 14.2 Å². The predicted molar refractivity (Wildman–Crippen MR) is 124 cm³/mol. The van der Waals surface area contributed by atoms with Crippen molar-refractivity contribution in [2.24, 2.45) is 11.8 Å². The molecular weight excluding hydrogens is 416 g/mol. The maximum atomic E-state index is 12.1. The van der Waals surface area contributed by atoms with E-state index in [4.69, 9.17) is 11.6 Å². The molecule has 30 heavy (non-hydrogen) atoms. The second kappa shape index (κ2) is 9.58. The molecule has 0 atom stereocenters. The molecule has 0 radical (unpaired) electrons. The average Bonchev–Trinajstić information content (AvgIpc) is 2.73. The van der Waals surface area contributed by atoms with Crippen molar-refractivity contribution in [3.8, 4) is 0 Å². The number of aromatic nitrogens is 1. The number of piperidine rings is 1. The van der Waals surface area contributed by atoms with Crippen molar-refractivity contribution < 1.29 is 4.79 Å². The predicted octanol–water partition coefficient (Wildman–Crippen LogP) is 4.68. The summed E-state index contributed by atoms with van der Waals surface area (Å²) in [5.41, 5.74) is 0.461. The summed E-state index contributed by atoms with van der Waals surface area (Å²) in [7, 11) is 3.44. The van der Waals surface area contributed by atoms with Gasteiger partial charge in [-0.1, -0.05) is 29.8 Å². The maximum Gasteiger partial charge on any atom is 0.256 e. The molecule has 2 fully saturated rings. The summed E-state index contributed by atoms with van der Waals surface area (Å²) in [5, 5.41) is 0.291. The summed E-state index contributed by atoms with van der Waals surface area (Å²) in [6.45, 7) is 4.39. The van der Waals surface area contributed by atoms with Crippen LogP contribution >= 0.6 is 23.5 Å². The van der Waals surface area contributed by atoms with Gasteiger partial charge >= 0.3 is 0 Å². The molecule has 3 heterocycles. The van der Waals surface area contributed by atoms with Gasteiger partial charge in [-0.3, -0.25) is 4.79 Å². The van der Waals surface area contributed by atoms with Crippen molar-refractivity contribution in [1.29, 1.82) is 0 Å².